The van der Waals surface area contributed by atoms with Crippen LogP contribution in [0.1, 0.15) is 43.0 Å². The average molecular weight is 372 g/mol. The minimum atomic E-state index is 0.0347. The Kier molecular flexibility index (Phi) is 8.05. The number of hydrogen-bond donors (Lipinski definition) is 1. The first-order valence-corrected chi connectivity index (χ1v) is 10.2. The van der Waals surface area contributed by atoms with Crippen LogP contribution in [0.25, 0.3) is 0 Å². The van der Waals surface area contributed by atoms with Crippen LogP contribution >= 0.6 is 11.8 Å². The maximum Gasteiger partial charge on any atom is 0.230 e. The summed E-state index contributed by atoms with van der Waals surface area (Å²) in [5, 5.41) is 3.20. The summed E-state index contributed by atoms with van der Waals surface area (Å²) in [4.78, 5) is 12.4. The minimum absolute atomic E-state index is 0.0347. The van der Waals surface area contributed by atoms with Crippen molar-refractivity contribution < 1.29 is 9.53 Å². The van der Waals surface area contributed by atoms with Crippen molar-refractivity contribution in [2.45, 2.75) is 39.0 Å². The van der Waals surface area contributed by atoms with Gasteiger partial charge in [-0.2, -0.15) is 0 Å². The van der Waals surface area contributed by atoms with Gasteiger partial charge in [-0.1, -0.05) is 50.2 Å². The smallest absolute Gasteiger partial charge is 0.230 e. The summed E-state index contributed by atoms with van der Waals surface area (Å²) in [6.45, 7) is 6.46. The molecule has 0 bridgehead atoms. The number of aryl methyl sites for hydroxylation is 1. The van der Waals surface area contributed by atoms with Gasteiger partial charge in [0.05, 0.1) is 18.9 Å². The van der Waals surface area contributed by atoms with Gasteiger partial charge in [-0.05, 0) is 48.1 Å². The third-order valence-corrected chi connectivity index (χ3v) is 5.29. The molecule has 0 fully saturated rings. The van der Waals surface area contributed by atoms with Gasteiger partial charge in [0, 0.05) is 5.75 Å². The van der Waals surface area contributed by atoms with E-state index in [4.69, 9.17) is 4.74 Å². The lowest BCUT2D eigenvalue weighted by Gasteiger charge is -2.21. The van der Waals surface area contributed by atoms with E-state index in [9.17, 15) is 4.79 Å². The Bertz CT molecular complexity index is 698. The molecule has 0 unspecified atom stereocenters. The summed E-state index contributed by atoms with van der Waals surface area (Å²) in [5.41, 5.74) is 3.69. The van der Waals surface area contributed by atoms with Crippen LogP contribution in [0, 0.1) is 12.8 Å². The van der Waals surface area contributed by atoms with E-state index in [1.54, 1.807) is 18.9 Å². The van der Waals surface area contributed by atoms with Crippen molar-refractivity contribution in [2.75, 3.05) is 12.9 Å². The Balaban J connectivity index is 1.92. The molecule has 0 aliphatic carbocycles. The Labute approximate surface area is 161 Å². The number of ether oxygens (including phenoxy) is 1. The van der Waals surface area contributed by atoms with Crippen LogP contribution < -0.4 is 10.1 Å². The van der Waals surface area contributed by atoms with Crippen LogP contribution in [0.5, 0.6) is 5.75 Å². The molecule has 140 valence electrons. The predicted molar refractivity (Wildman–Crippen MR) is 111 cm³/mol. The van der Waals surface area contributed by atoms with Crippen molar-refractivity contribution in [2.24, 2.45) is 5.92 Å². The quantitative estimate of drug-likeness (QED) is 0.663. The standard InChI is InChI=1S/C22H29NO2S/c1-16(2)13-21(18-9-11-20(25-4)12-10-18)23-22(24)15-26-14-19-8-6-5-7-17(19)3/h5-12,16,21H,13-15H2,1-4H3,(H,23,24)/t21-/m0/s1. The van der Waals surface area contributed by atoms with Crippen molar-refractivity contribution >= 4 is 17.7 Å². The molecule has 2 rings (SSSR count). The van der Waals surface area contributed by atoms with Gasteiger partial charge in [-0.15, -0.1) is 11.8 Å². The maximum atomic E-state index is 12.4. The molecule has 1 N–H and O–H groups in total. The molecule has 0 aliphatic rings. The number of benzene rings is 2. The Morgan fingerprint density at radius 2 is 1.81 bits per heavy atom. The molecule has 0 saturated heterocycles. The lowest BCUT2D eigenvalue weighted by Crippen LogP contribution is -2.30. The summed E-state index contributed by atoms with van der Waals surface area (Å²) in [5.74, 6) is 2.75. The normalized spacial score (nSPS) is 12.0. The topological polar surface area (TPSA) is 38.3 Å². The Morgan fingerprint density at radius 3 is 2.42 bits per heavy atom. The highest BCUT2D eigenvalue weighted by Crippen LogP contribution is 2.24. The van der Waals surface area contributed by atoms with Gasteiger partial charge in [0.25, 0.3) is 0 Å². The SMILES string of the molecule is COc1ccc([C@H](CC(C)C)NC(=O)CSCc2ccccc2C)cc1. The van der Waals surface area contributed by atoms with Gasteiger partial charge in [-0.3, -0.25) is 4.79 Å². The molecule has 0 radical (unpaired) electrons. The molecule has 3 nitrogen and oxygen atoms in total. The molecule has 26 heavy (non-hydrogen) atoms. The van der Waals surface area contributed by atoms with Gasteiger partial charge >= 0.3 is 0 Å². The first kappa shape index (κ1) is 20.4. The lowest BCUT2D eigenvalue weighted by atomic mass is 9.97. The van der Waals surface area contributed by atoms with Gasteiger partial charge in [0.2, 0.25) is 5.91 Å². The van der Waals surface area contributed by atoms with Crippen molar-refractivity contribution in [1.29, 1.82) is 0 Å². The predicted octanol–water partition coefficient (Wildman–Crippen LogP) is 5.14. The monoisotopic (exact) mass is 371 g/mol. The Hall–Kier alpha value is -1.94. The van der Waals surface area contributed by atoms with Crippen LogP contribution in [0.15, 0.2) is 48.5 Å². The van der Waals surface area contributed by atoms with E-state index in [1.165, 1.54) is 11.1 Å². The number of carbonyl (C=O) groups excluding carboxylic acids is 1. The molecular weight excluding hydrogens is 342 g/mol. The number of hydrogen-bond acceptors (Lipinski definition) is 3. The second-order valence-electron chi connectivity index (χ2n) is 6.94. The summed E-state index contributed by atoms with van der Waals surface area (Å²) >= 11 is 1.66. The zero-order valence-electron chi connectivity index (χ0n) is 16.1. The fourth-order valence-electron chi connectivity index (χ4n) is 2.85. The molecule has 4 heteroatoms. The lowest BCUT2D eigenvalue weighted by molar-refractivity contribution is -0.119. The van der Waals surface area contributed by atoms with Crippen LogP contribution in [0.2, 0.25) is 0 Å². The van der Waals surface area contributed by atoms with E-state index in [1.807, 2.05) is 36.4 Å². The van der Waals surface area contributed by atoms with Crippen LogP contribution in [0.3, 0.4) is 0 Å². The van der Waals surface area contributed by atoms with E-state index in [0.717, 1.165) is 23.5 Å². The summed E-state index contributed by atoms with van der Waals surface area (Å²) in [6, 6.07) is 16.3. The molecule has 0 spiro atoms. The maximum absolute atomic E-state index is 12.4. The number of nitrogens with one attached hydrogen (secondary N) is 1. The third kappa shape index (κ3) is 6.41. The Morgan fingerprint density at radius 1 is 1.12 bits per heavy atom. The third-order valence-electron chi connectivity index (χ3n) is 4.31. The van der Waals surface area contributed by atoms with E-state index in [-0.39, 0.29) is 11.9 Å². The highest BCUT2D eigenvalue weighted by atomic mass is 32.2. The molecule has 0 aliphatic heterocycles. The second-order valence-corrected chi connectivity index (χ2v) is 7.93. The van der Waals surface area contributed by atoms with Crippen molar-refractivity contribution in [3.05, 3.63) is 65.2 Å². The van der Waals surface area contributed by atoms with Crippen molar-refractivity contribution in [3.63, 3.8) is 0 Å². The molecule has 1 amide bonds. The van der Waals surface area contributed by atoms with Gasteiger partial charge in [-0.25, -0.2) is 0 Å². The fraction of sp³-hybridized carbons (Fsp3) is 0.409. The zero-order chi connectivity index (χ0) is 18.9. The summed E-state index contributed by atoms with van der Waals surface area (Å²) < 4.78 is 5.23. The number of carbonyl (C=O) groups is 1. The molecule has 0 heterocycles. The molecule has 2 aromatic carbocycles. The van der Waals surface area contributed by atoms with Gasteiger partial charge < -0.3 is 10.1 Å². The summed E-state index contributed by atoms with van der Waals surface area (Å²) in [6.07, 6.45) is 0.917. The highest BCUT2D eigenvalue weighted by molar-refractivity contribution is 7.99. The van der Waals surface area contributed by atoms with Crippen molar-refractivity contribution in [3.8, 4) is 5.75 Å². The minimum Gasteiger partial charge on any atom is -0.497 e. The molecular formula is C22H29NO2S. The van der Waals surface area contributed by atoms with Crippen LogP contribution in [0.4, 0.5) is 0 Å². The van der Waals surface area contributed by atoms with Gasteiger partial charge in [0.15, 0.2) is 0 Å². The highest BCUT2D eigenvalue weighted by Gasteiger charge is 2.16. The zero-order valence-corrected chi connectivity index (χ0v) is 16.9. The number of methoxy groups -OCH3 is 1. The molecule has 0 saturated carbocycles. The summed E-state index contributed by atoms with van der Waals surface area (Å²) in [7, 11) is 1.66. The number of thioether (sulfide) groups is 1. The first-order valence-electron chi connectivity index (χ1n) is 9.05. The van der Waals surface area contributed by atoms with Gasteiger partial charge in [0.1, 0.15) is 5.75 Å². The molecule has 1 atom stereocenters. The van der Waals surface area contributed by atoms with Crippen LogP contribution in [-0.4, -0.2) is 18.8 Å². The number of rotatable bonds is 9. The van der Waals surface area contributed by atoms with Crippen LogP contribution in [-0.2, 0) is 10.5 Å². The van der Waals surface area contributed by atoms with E-state index in [2.05, 4.69) is 38.2 Å². The van der Waals surface area contributed by atoms with E-state index < -0.39 is 0 Å². The first-order chi connectivity index (χ1) is 12.5. The second kappa shape index (κ2) is 10.3. The fourth-order valence-corrected chi connectivity index (χ4v) is 3.76. The van der Waals surface area contributed by atoms with E-state index >= 15 is 0 Å². The largest absolute Gasteiger partial charge is 0.497 e. The molecule has 0 aromatic heterocycles. The average Bonchev–Trinajstić information content (AvgIpc) is 2.62. The molecule has 2 aromatic rings. The van der Waals surface area contributed by atoms with Crippen molar-refractivity contribution in [1.82, 2.24) is 5.32 Å². The van der Waals surface area contributed by atoms with E-state index in [0.29, 0.717) is 11.7 Å². The number of amides is 1.